The van der Waals surface area contributed by atoms with Gasteiger partial charge in [0.25, 0.3) is 0 Å². The zero-order valence-electron chi connectivity index (χ0n) is 19.4. The maximum atomic E-state index is 13.8. The smallest absolute Gasteiger partial charge is 0.444 e. The minimum Gasteiger partial charge on any atom is -0.444 e. The Morgan fingerprint density at radius 2 is 1.81 bits per heavy atom. The predicted octanol–water partition coefficient (Wildman–Crippen LogP) is 5.05. The van der Waals surface area contributed by atoms with E-state index < -0.39 is 43.1 Å². The Balaban J connectivity index is 2.16. The Bertz CT molecular complexity index is 1220. The molecule has 0 aliphatic rings. The summed E-state index contributed by atoms with van der Waals surface area (Å²) in [6, 6.07) is 6.10. The molecule has 8 nitrogen and oxygen atoms in total. The average molecular weight is 517 g/mol. The number of alkyl halides is 5. The molecule has 1 amide bonds. The number of imidazole rings is 1. The number of halogens is 5. The lowest BCUT2D eigenvalue weighted by atomic mass is 9.93. The molecule has 36 heavy (non-hydrogen) atoms. The van der Waals surface area contributed by atoms with Gasteiger partial charge in [-0.25, -0.2) is 9.78 Å². The van der Waals surface area contributed by atoms with E-state index in [1.54, 1.807) is 20.8 Å². The van der Waals surface area contributed by atoms with Gasteiger partial charge in [-0.2, -0.15) is 8.78 Å². The second-order valence-electron chi connectivity index (χ2n) is 8.75. The van der Waals surface area contributed by atoms with Crippen LogP contribution in [0.4, 0.5) is 26.7 Å². The summed E-state index contributed by atoms with van der Waals surface area (Å²) in [6.07, 6.45) is -6.47. The van der Waals surface area contributed by atoms with Gasteiger partial charge in [-0.3, -0.25) is 4.57 Å². The lowest BCUT2D eigenvalue weighted by Gasteiger charge is -2.22. The molecule has 0 saturated heterocycles. The number of rotatable bonds is 7. The molecule has 1 unspecified atom stereocenters. The van der Waals surface area contributed by atoms with Gasteiger partial charge in [0.2, 0.25) is 0 Å². The molecule has 1 heterocycles. The number of hydrogen-bond acceptors (Lipinski definition) is 6. The number of ether oxygens (including phenoxy) is 2. The molecule has 196 valence electrons. The summed E-state index contributed by atoms with van der Waals surface area (Å²) < 4.78 is 74.7. The Morgan fingerprint density at radius 3 is 2.33 bits per heavy atom. The first-order valence-electron chi connectivity index (χ1n) is 10.6. The number of alkyl carbamates (subject to hydrolysis) is 1. The minimum atomic E-state index is -4.90. The number of aliphatic hydroxyl groups excluding tert-OH is 2. The van der Waals surface area contributed by atoms with E-state index in [1.165, 1.54) is 18.2 Å². The van der Waals surface area contributed by atoms with E-state index >= 15 is 0 Å². The van der Waals surface area contributed by atoms with Crippen LogP contribution in [-0.4, -0.2) is 44.4 Å². The molecule has 3 N–H and O–H groups in total. The van der Waals surface area contributed by atoms with E-state index in [0.29, 0.717) is 10.1 Å². The van der Waals surface area contributed by atoms with E-state index in [0.717, 1.165) is 18.5 Å². The molecule has 0 radical (unpaired) electrons. The Hall–Kier alpha value is -3.45. The van der Waals surface area contributed by atoms with Crippen molar-refractivity contribution in [2.24, 2.45) is 0 Å². The topological polar surface area (TPSA) is 106 Å². The fourth-order valence-electron chi connectivity index (χ4n) is 3.59. The van der Waals surface area contributed by atoms with Crippen LogP contribution in [0.25, 0.3) is 22.2 Å². The fraction of sp³-hybridized carbons (Fsp3) is 0.391. The molecule has 2 aromatic carbocycles. The summed E-state index contributed by atoms with van der Waals surface area (Å²) in [5.41, 5.74) is -0.425. The SMILES string of the molecule is CC(C)(C)OC(=O)NCc1cc(-c2ccc(OC(F)(F)F)cc2)c2ncn(C(F)F)c2c1C(O)CO. The van der Waals surface area contributed by atoms with Gasteiger partial charge in [-0.15, -0.1) is 13.2 Å². The van der Waals surface area contributed by atoms with Crippen molar-refractivity contribution in [3.8, 4) is 16.9 Å². The first-order valence-corrected chi connectivity index (χ1v) is 10.6. The molecule has 1 atom stereocenters. The highest BCUT2D eigenvalue weighted by molar-refractivity contribution is 5.95. The molecule has 0 aliphatic heterocycles. The summed E-state index contributed by atoms with van der Waals surface area (Å²) in [5.74, 6) is -0.486. The second-order valence-corrected chi connectivity index (χ2v) is 8.75. The first kappa shape index (κ1) is 27.1. The predicted molar refractivity (Wildman–Crippen MR) is 118 cm³/mol. The van der Waals surface area contributed by atoms with Crippen molar-refractivity contribution >= 4 is 17.1 Å². The van der Waals surface area contributed by atoms with Crippen LogP contribution in [0.1, 0.15) is 44.6 Å². The second kappa shape index (κ2) is 10.3. The number of aliphatic hydroxyl groups is 2. The van der Waals surface area contributed by atoms with Crippen molar-refractivity contribution in [3.63, 3.8) is 0 Å². The zero-order valence-corrected chi connectivity index (χ0v) is 19.4. The van der Waals surface area contributed by atoms with E-state index in [-0.39, 0.29) is 34.3 Å². The molecule has 13 heteroatoms. The van der Waals surface area contributed by atoms with Crippen LogP contribution in [0.5, 0.6) is 5.75 Å². The fourth-order valence-corrected chi connectivity index (χ4v) is 3.59. The van der Waals surface area contributed by atoms with E-state index in [4.69, 9.17) is 4.74 Å². The number of benzene rings is 2. The molecule has 0 bridgehead atoms. The van der Waals surface area contributed by atoms with Gasteiger partial charge in [-0.05, 0) is 50.1 Å². The molecular formula is C23H24F5N3O5. The Morgan fingerprint density at radius 1 is 1.17 bits per heavy atom. The van der Waals surface area contributed by atoms with Gasteiger partial charge in [0, 0.05) is 17.7 Å². The molecular weight excluding hydrogens is 493 g/mol. The quantitative estimate of drug-likeness (QED) is 0.379. The van der Waals surface area contributed by atoms with Crippen LogP contribution < -0.4 is 10.1 Å². The van der Waals surface area contributed by atoms with Gasteiger partial charge in [-0.1, -0.05) is 12.1 Å². The van der Waals surface area contributed by atoms with E-state index in [9.17, 15) is 37.0 Å². The summed E-state index contributed by atoms with van der Waals surface area (Å²) in [7, 11) is 0. The Kier molecular flexibility index (Phi) is 7.74. The van der Waals surface area contributed by atoms with Crippen molar-refractivity contribution in [2.45, 2.75) is 51.9 Å². The van der Waals surface area contributed by atoms with Gasteiger partial charge in [0.1, 0.15) is 23.8 Å². The van der Waals surface area contributed by atoms with E-state index in [1.807, 2.05) is 0 Å². The largest absolute Gasteiger partial charge is 0.573 e. The van der Waals surface area contributed by atoms with Crippen molar-refractivity contribution in [2.75, 3.05) is 6.61 Å². The standard InChI is InChI=1S/C23H24F5N3O5/c1-22(2,3)36-21(34)29-9-13-8-15(12-4-6-14(7-5-12)35-23(26,27)28)18-19(17(13)16(33)10-32)31(11-30-18)20(24)25/h4-8,11,16,20,32-33H,9-10H2,1-3H3,(H,29,34). The van der Waals surface area contributed by atoms with Gasteiger partial charge in [0.15, 0.2) is 0 Å². The van der Waals surface area contributed by atoms with Crippen LogP contribution in [0, 0.1) is 0 Å². The van der Waals surface area contributed by atoms with Crippen molar-refractivity contribution < 1.29 is 46.4 Å². The summed E-state index contributed by atoms with van der Waals surface area (Å²) in [4.78, 5) is 16.2. The molecule has 3 aromatic rings. The van der Waals surface area contributed by atoms with Crippen LogP contribution >= 0.6 is 0 Å². The summed E-state index contributed by atoms with van der Waals surface area (Å²) in [6.45, 7) is 0.769. The van der Waals surface area contributed by atoms with Gasteiger partial charge < -0.3 is 25.0 Å². The van der Waals surface area contributed by atoms with E-state index in [2.05, 4.69) is 15.0 Å². The van der Waals surface area contributed by atoms with Crippen LogP contribution in [0.15, 0.2) is 36.7 Å². The third-order valence-electron chi connectivity index (χ3n) is 4.91. The van der Waals surface area contributed by atoms with Crippen molar-refractivity contribution in [1.82, 2.24) is 14.9 Å². The molecule has 3 rings (SSSR count). The summed E-state index contributed by atoms with van der Waals surface area (Å²) in [5, 5.41) is 22.6. The molecule has 0 saturated carbocycles. The molecule has 0 aliphatic carbocycles. The lowest BCUT2D eigenvalue weighted by molar-refractivity contribution is -0.274. The number of amides is 1. The summed E-state index contributed by atoms with van der Waals surface area (Å²) >= 11 is 0. The maximum absolute atomic E-state index is 13.8. The van der Waals surface area contributed by atoms with Crippen LogP contribution in [0.2, 0.25) is 0 Å². The van der Waals surface area contributed by atoms with Crippen molar-refractivity contribution in [1.29, 1.82) is 0 Å². The number of nitrogens with zero attached hydrogens (tertiary/aromatic N) is 2. The number of hydrogen-bond donors (Lipinski definition) is 3. The monoisotopic (exact) mass is 517 g/mol. The number of aromatic nitrogens is 2. The van der Waals surface area contributed by atoms with Gasteiger partial charge >= 0.3 is 19.0 Å². The molecule has 0 spiro atoms. The number of fused-ring (bicyclic) bond motifs is 1. The maximum Gasteiger partial charge on any atom is 0.573 e. The van der Waals surface area contributed by atoms with Crippen LogP contribution in [-0.2, 0) is 11.3 Å². The lowest BCUT2D eigenvalue weighted by Crippen LogP contribution is -2.32. The van der Waals surface area contributed by atoms with Crippen molar-refractivity contribution in [3.05, 3.63) is 47.8 Å². The average Bonchev–Trinajstić information content (AvgIpc) is 3.20. The molecule has 1 aromatic heterocycles. The number of carbonyl (C=O) groups is 1. The first-order chi connectivity index (χ1) is 16.7. The third kappa shape index (κ3) is 6.40. The number of carbonyl (C=O) groups excluding carboxylic acids is 1. The zero-order chi connectivity index (χ0) is 26.8. The highest BCUT2D eigenvalue weighted by Crippen LogP contribution is 2.38. The highest BCUT2D eigenvalue weighted by Gasteiger charge is 2.31. The van der Waals surface area contributed by atoms with Crippen LogP contribution in [0.3, 0.4) is 0 Å². The normalized spacial score (nSPS) is 13.2. The minimum absolute atomic E-state index is 0.00306. The third-order valence-corrected chi connectivity index (χ3v) is 4.91. The number of nitrogens with one attached hydrogen (secondary N) is 1. The highest BCUT2D eigenvalue weighted by atomic mass is 19.4. The molecule has 0 fully saturated rings. The van der Waals surface area contributed by atoms with Gasteiger partial charge in [0.05, 0.1) is 17.6 Å². The Labute approximate surface area is 202 Å².